The van der Waals surface area contributed by atoms with E-state index in [2.05, 4.69) is 0 Å². The molecule has 0 heterocycles. The molecule has 0 fully saturated rings. The van der Waals surface area contributed by atoms with Crippen molar-refractivity contribution in [1.82, 2.24) is 0 Å². The highest BCUT2D eigenvalue weighted by molar-refractivity contribution is 5.58. The number of carbonyl (C=O) groups is 1. The fourth-order valence-corrected chi connectivity index (χ4v) is 1.16. The third kappa shape index (κ3) is 1.84. The van der Waals surface area contributed by atoms with E-state index in [4.69, 9.17) is 4.74 Å². The molecule has 12 heavy (non-hydrogen) atoms. The molecule has 2 heteroatoms. The lowest BCUT2D eigenvalue weighted by molar-refractivity contribution is -0.107. The van der Waals surface area contributed by atoms with E-state index in [0.29, 0.717) is 6.42 Å². The summed E-state index contributed by atoms with van der Waals surface area (Å²) in [6.45, 7) is 1.99. The maximum absolute atomic E-state index is 10.3. The van der Waals surface area contributed by atoms with E-state index >= 15 is 0 Å². The van der Waals surface area contributed by atoms with Crippen LogP contribution >= 0.6 is 0 Å². The molecule has 64 valence electrons. The summed E-state index contributed by atoms with van der Waals surface area (Å²) < 4.78 is 5.09. The largest absolute Gasteiger partial charge is 0.496 e. The van der Waals surface area contributed by atoms with Gasteiger partial charge in [-0.3, -0.25) is 0 Å². The summed E-state index contributed by atoms with van der Waals surface area (Å²) in [5.41, 5.74) is 2.10. The lowest BCUT2D eigenvalue weighted by Gasteiger charge is -2.05. The van der Waals surface area contributed by atoms with Crippen LogP contribution in [0, 0.1) is 6.92 Å². The van der Waals surface area contributed by atoms with Crippen LogP contribution in [0.5, 0.6) is 5.75 Å². The van der Waals surface area contributed by atoms with E-state index in [-0.39, 0.29) is 0 Å². The van der Waals surface area contributed by atoms with E-state index in [1.165, 1.54) is 0 Å². The van der Waals surface area contributed by atoms with Crippen LogP contribution in [0.3, 0.4) is 0 Å². The molecule has 0 aliphatic rings. The molecular weight excluding hydrogens is 152 g/mol. The Kier molecular flexibility index (Phi) is 2.86. The molecule has 1 aromatic carbocycles. The SMILES string of the molecule is COc1ccc(C)cc1CC=O. The molecule has 0 unspecified atom stereocenters. The van der Waals surface area contributed by atoms with Crippen LogP contribution in [-0.4, -0.2) is 13.4 Å². The quantitative estimate of drug-likeness (QED) is 0.636. The number of hydrogen-bond donors (Lipinski definition) is 0. The van der Waals surface area contributed by atoms with Crippen molar-refractivity contribution >= 4 is 6.29 Å². The number of aryl methyl sites for hydroxylation is 1. The van der Waals surface area contributed by atoms with Crippen LogP contribution in [-0.2, 0) is 11.2 Å². The number of hydrogen-bond acceptors (Lipinski definition) is 2. The molecular formula is C10H12O2. The maximum atomic E-state index is 10.3. The first kappa shape index (κ1) is 8.78. The number of carbonyl (C=O) groups excluding carboxylic acids is 1. The Labute approximate surface area is 72.2 Å². The van der Waals surface area contributed by atoms with E-state index < -0.39 is 0 Å². The van der Waals surface area contributed by atoms with E-state index in [1.54, 1.807) is 7.11 Å². The predicted molar refractivity (Wildman–Crippen MR) is 47.5 cm³/mol. The van der Waals surface area contributed by atoms with Gasteiger partial charge in [0.05, 0.1) is 7.11 Å². The third-order valence-electron chi connectivity index (χ3n) is 1.74. The molecule has 0 amide bonds. The van der Waals surface area contributed by atoms with Crippen molar-refractivity contribution in [3.8, 4) is 5.75 Å². The lowest BCUT2D eigenvalue weighted by Crippen LogP contribution is -1.93. The summed E-state index contributed by atoms with van der Waals surface area (Å²) >= 11 is 0. The van der Waals surface area contributed by atoms with Crippen molar-refractivity contribution in [2.45, 2.75) is 13.3 Å². The van der Waals surface area contributed by atoms with Gasteiger partial charge in [-0.25, -0.2) is 0 Å². The van der Waals surface area contributed by atoms with Gasteiger partial charge in [-0.15, -0.1) is 0 Å². The fourth-order valence-electron chi connectivity index (χ4n) is 1.16. The van der Waals surface area contributed by atoms with Gasteiger partial charge in [0.25, 0.3) is 0 Å². The van der Waals surface area contributed by atoms with Crippen molar-refractivity contribution in [3.05, 3.63) is 29.3 Å². The van der Waals surface area contributed by atoms with Gasteiger partial charge in [0.2, 0.25) is 0 Å². The Morgan fingerprint density at radius 3 is 2.83 bits per heavy atom. The van der Waals surface area contributed by atoms with Crippen LogP contribution in [0.4, 0.5) is 0 Å². The molecule has 0 atom stereocenters. The van der Waals surface area contributed by atoms with Gasteiger partial charge in [0.1, 0.15) is 12.0 Å². The van der Waals surface area contributed by atoms with Crippen molar-refractivity contribution in [1.29, 1.82) is 0 Å². The van der Waals surface area contributed by atoms with Gasteiger partial charge in [0, 0.05) is 12.0 Å². The third-order valence-corrected chi connectivity index (χ3v) is 1.74. The molecule has 0 aromatic heterocycles. The molecule has 2 nitrogen and oxygen atoms in total. The van der Waals surface area contributed by atoms with E-state index in [1.807, 2.05) is 25.1 Å². The minimum Gasteiger partial charge on any atom is -0.496 e. The zero-order chi connectivity index (χ0) is 8.97. The van der Waals surface area contributed by atoms with Crippen molar-refractivity contribution in [2.75, 3.05) is 7.11 Å². The topological polar surface area (TPSA) is 26.3 Å². The Morgan fingerprint density at radius 2 is 2.25 bits per heavy atom. The molecule has 0 spiro atoms. The first-order chi connectivity index (χ1) is 5.77. The summed E-state index contributed by atoms with van der Waals surface area (Å²) in [5.74, 6) is 0.785. The van der Waals surface area contributed by atoms with Gasteiger partial charge in [-0.2, -0.15) is 0 Å². The Hall–Kier alpha value is -1.31. The van der Waals surface area contributed by atoms with Crippen LogP contribution in [0.1, 0.15) is 11.1 Å². The van der Waals surface area contributed by atoms with Crippen molar-refractivity contribution in [3.63, 3.8) is 0 Å². The standard InChI is InChI=1S/C10H12O2/c1-8-3-4-10(12-2)9(7-8)5-6-11/h3-4,6-7H,5H2,1-2H3. The molecule has 0 saturated heterocycles. The Balaban J connectivity index is 3.03. The molecule has 0 aliphatic carbocycles. The summed E-state index contributed by atoms with van der Waals surface area (Å²) in [5, 5.41) is 0. The van der Waals surface area contributed by atoms with Gasteiger partial charge in [0.15, 0.2) is 0 Å². The van der Waals surface area contributed by atoms with E-state index in [9.17, 15) is 4.79 Å². The summed E-state index contributed by atoms with van der Waals surface area (Å²) in [6, 6.07) is 5.81. The smallest absolute Gasteiger partial charge is 0.124 e. The number of benzene rings is 1. The second-order valence-corrected chi connectivity index (χ2v) is 2.69. The van der Waals surface area contributed by atoms with Gasteiger partial charge in [-0.1, -0.05) is 17.7 Å². The number of ether oxygens (including phenoxy) is 1. The average Bonchev–Trinajstić information content (AvgIpc) is 2.05. The highest BCUT2D eigenvalue weighted by Gasteiger charge is 2.00. The fraction of sp³-hybridized carbons (Fsp3) is 0.300. The zero-order valence-electron chi connectivity index (χ0n) is 7.33. The average molecular weight is 164 g/mol. The molecule has 0 saturated carbocycles. The van der Waals surface area contributed by atoms with Gasteiger partial charge >= 0.3 is 0 Å². The molecule has 0 radical (unpaired) electrons. The number of aldehydes is 1. The highest BCUT2D eigenvalue weighted by atomic mass is 16.5. The van der Waals surface area contributed by atoms with Crippen molar-refractivity contribution in [2.24, 2.45) is 0 Å². The number of methoxy groups -OCH3 is 1. The second kappa shape index (κ2) is 3.90. The lowest BCUT2D eigenvalue weighted by atomic mass is 10.1. The summed E-state index contributed by atoms with van der Waals surface area (Å²) in [6.07, 6.45) is 1.31. The number of rotatable bonds is 3. The minimum atomic E-state index is 0.421. The normalized spacial score (nSPS) is 9.50. The van der Waals surface area contributed by atoms with Crippen LogP contribution in [0.15, 0.2) is 18.2 Å². The molecule has 0 N–H and O–H groups in total. The van der Waals surface area contributed by atoms with Crippen LogP contribution < -0.4 is 4.74 Å². The molecule has 0 bridgehead atoms. The van der Waals surface area contributed by atoms with Gasteiger partial charge in [-0.05, 0) is 13.0 Å². The zero-order valence-corrected chi connectivity index (χ0v) is 7.33. The molecule has 1 aromatic rings. The first-order valence-corrected chi connectivity index (χ1v) is 3.85. The summed E-state index contributed by atoms with van der Waals surface area (Å²) in [4.78, 5) is 10.3. The Morgan fingerprint density at radius 1 is 1.50 bits per heavy atom. The summed E-state index contributed by atoms with van der Waals surface area (Å²) in [7, 11) is 1.61. The molecule has 1 rings (SSSR count). The van der Waals surface area contributed by atoms with Crippen LogP contribution in [0.25, 0.3) is 0 Å². The monoisotopic (exact) mass is 164 g/mol. The maximum Gasteiger partial charge on any atom is 0.124 e. The second-order valence-electron chi connectivity index (χ2n) is 2.69. The van der Waals surface area contributed by atoms with Gasteiger partial charge < -0.3 is 9.53 Å². The minimum absolute atomic E-state index is 0.421. The highest BCUT2D eigenvalue weighted by Crippen LogP contribution is 2.19. The van der Waals surface area contributed by atoms with E-state index in [0.717, 1.165) is 23.2 Å². The first-order valence-electron chi connectivity index (χ1n) is 3.85. The van der Waals surface area contributed by atoms with Crippen LogP contribution in [0.2, 0.25) is 0 Å². The molecule has 0 aliphatic heterocycles. The van der Waals surface area contributed by atoms with Crippen molar-refractivity contribution < 1.29 is 9.53 Å². The Bertz CT molecular complexity index is 279. The predicted octanol–water partition coefficient (Wildman–Crippen LogP) is 1.75.